The number of halogens is 2. The first-order valence-corrected chi connectivity index (χ1v) is 11.4. The Hall–Kier alpha value is -3.33. The Kier molecular flexibility index (Phi) is 7.52. The van der Waals surface area contributed by atoms with Crippen LogP contribution in [0.15, 0.2) is 65.1 Å². The fraction of sp³-hybridized carbons (Fsp3) is 0.125. The number of rotatable bonds is 7. The van der Waals surface area contributed by atoms with E-state index in [1.165, 1.54) is 6.07 Å². The second-order valence-electron chi connectivity index (χ2n) is 7.02. The molecule has 1 amide bonds. The maximum absolute atomic E-state index is 12.2. The van der Waals surface area contributed by atoms with Gasteiger partial charge in [0, 0.05) is 16.3 Å². The van der Waals surface area contributed by atoms with E-state index < -0.39 is 5.91 Å². The standard InChI is InChI=1S/C24H19Cl2N3O4S/c1-2-31-17-7-3-14(4-8-17)23-28-19-12-16(6-10-21(19)33-23)27-24(34)29-22(30)13-32-20-9-5-15(25)11-18(20)26/h3-12H,2,13H2,1H3,(H2,27,29,30,34). The van der Waals surface area contributed by atoms with Crippen molar-refractivity contribution in [3.8, 4) is 23.0 Å². The second-order valence-corrected chi connectivity index (χ2v) is 8.28. The monoisotopic (exact) mass is 515 g/mol. The second kappa shape index (κ2) is 10.7. The van der Waals surface area contributed by atoms with E-state index in [2.05, 4.69) is 15.6 Å². The van der Waals surface area contributed by atoms with Crippen LogP contribution in [0.5, 0.6) is 11.5 Å². The van der Waals surface area contributed by atoms with Gasteiger partial charge in [0.2, 0.25) is 5.89 Å². The summed E-state index contributed by atoms with van der Waals surface area (Å²) in [6, 6.07) is 17.6. The van der Waals surface area contributed by atoms with Gasteiger partial charge in [-0.2, -0.15) is 0 Å². The van der Waals surface area contributed by atoms with Gasteiger partial charge in [-0.05, 0) is 79.8 Å². The third-order valence-electron chi connectivity index (χ3n) is 4.56. The number of thiocarbonyl (C=S) groups is 1. The van der Waals surface area contributed by atoms with Crippen molar-refractivity contribution in [2.45, 2.75) is 6.92 Å². The maximum atomic E-state index is 12.2. The summed E-state index contributed by atoms with van der Waals surface area (Å²) >= 11 is 17.1. The molecule has 0 bridgehead atoms. The number of hydrogen-bond donors (Lipinski definition) is 2. The van der Waals surface area contributed by atoms with E-state index in [1.807, 2.05) is 31.2 Å². The summed E-state index contributed by atoms with van der Waals surface area (Å²) in [4.78, 5) is 16.7. The number of amides is 1. The van der Waals surface area contributed by atoms with E-state index in [1.54, 1.807) is 30.3 Å². The van der Waals surface area contributed by atoms with Crippen LogP contribution >= 0.6 is 35.4 Å². The minimum Gasteiger partial charge on any atom is -0.494 e. The van der Waals surface area contributed by atoms with Crippen LogP contribution in [-0.2, 0) is 4.79 Å². The number of aromatic nitrogens is 1. The Balaban J connectivity index is 1.36. The molecule has 1 heterocycles. The lowest BCUT2D eigenvalue weighted by molar-refractivity contribution is -0.121. The lowest BCUT2D eigenvalue weighted by Crippen LogP contribution is -2.37. The van der Waals surface area contributed by atoms with Crippen LogP contribution in [-0.4, -0.2) is 29.2 Å². The fourth-order valence-electron chi connectivity index (χ4n) is 3.05. The van der Waals surface area contributed by atoms with Crippen LogP contribution in [0.2, 0.25) is 10.0 Å². The van der Waals surface area contributed by atoms with Gasteiger partial charge in [-0.15, -0.1) is 0 Å². The van der Waals surface area contributed by atoms with Crippen molar-refractivity contribution in [3.05, 3.63) is 70.7 Å². The first-order chi connectivity index (χ1) is 16.4. The average Bonchev–Trinajstić information content (AvgIpc) is 3.22. The molecule has 2 N–H and O–H groups in total. The topological polar surface area (TPSA) is 85.6 Å². The lowest BCUT2D eigenvalue weighted by atomic mass is 10.2. The molecular formula is C24H19Cl2N3O4S. The highest BCUT2D eigenvalue weighted by Crippen LogP contribution is 2.28. The summed E-state index contributed by atoms with van der Waals surface area (Å²) in [5, 5.41) is 6.41. The van der Waals surface area contributed by atoms with Crippen LogP contribution < -0.4 is 20.1 Å². The smallest absolute Gasteiger partial charge is 0.264 e. The molecule has 0 radical (unpaired) electrons. The number of carbonyl (C=O) groups excluding carboxylic acids is 1. The zero-order valence-electron chi connectivity index (χ0n) is 17.9. The van der Waals surface area contributed by atoms with Crippen molar-refractivity contribution in [1.29, 1.82) is 0 Å². The zero-order chi connectivity index (χ0) is 24.1. The van der Waals surface area contributed by atoms with Gasteiger partial charge in [0.05, 0.1) is 11.6 Å². The van der Waals surface area contributed by atoms with E-state index in [9.17, 15) is 4.79 Å². The molecule has 3 aromatic carbocycles. The van der Waals surface area contributed by atoms with Gasteiger partial charge in [-0.3, -0.25) is 10.1 Å². The Morgan fingerprint density at radius 3 is 2.59 bits per heavy atom. The molecule has 0 aliphatic heterocycles. The summed E-state index contributed by atoms with van der Waals surface area (Å²) in [7, 11) is 0. The molecule has 34 heavy (non-hydrogen) atoms. The molecule has 4 rings (SSSR count). The number of fused-ring (bicyclic) bond motifs is 1. The Morgan fingerprint density at radius 1 is 1.06 bits per heavy atom. The van der Waals surface area contributed by atoms with E-state index >= 15 is 0 Å². The maximum Gasteiger partial charge on any atom is 0.264 e. The van der Waals surface area contributed by atoms with Gasteiger partial charge in [0.25, 0.3) is 5.91 Å². The highest BCUT2D eigenvalue weighted by Gasteiger charge is 2.11. The Labute approximate surface area is 211 Å². The molecule has 0 spiro atoms. The number of ether oxygens (including phenoxy) is 2. The largest absolute Gasteiger partial charge is 0.494 e. The van der Waals surface area contributed by atoms with Crippen LogP contribution in [0.25, 0.3) is 22.6 Å². The van der Waals surface area contributed by atoms with Crippen LogP contribution in [0.4, 0.5) is 5.69 Å². The van der Waals surface area contributed by atoms with Crippen molar-refractivity contribution in [3.63, 3.8) is 0 Å². The van der Waals surface area contributed by atoms with E-state index in [4.69, 9.17) is 49.3 Å². The summed E-state index contributed by atoms with van der Waals surface area (Å²) in [6.45, 7) is 2.27. The summed E-state index contributed by atoms with van der Waals surface area (Å²) in [6.07, 6.45) is 0. The van der Waals surface area contributed by atoms with Gasteiger partial charge in [-0.1, -0.05) is 23.2 Å². The number of oxazole rings is 1. The number of nitrogens with one attached hydrogen (secondary N) is 2. The van der Waals surface area contributed by atoms with Crippen molar-refractivity contribution in [2.75, 3.05) is 18.5 Å². The zero-order valence-corrected chi connectivity index (χ0v) is 20.3. The molecule has 0 fully saturated rings. The van der Waals surface area contributed by atoms with Gasteiger partial charge in [0.15, 0.2) is 17.3 Å². The molecule has 0 aliphatic carbocycles. The molecule has 0 aliphatic rings. The van der Waals surface area contributed by atoms with Crippen molar-refractivity contribution in [1.82, 2.24) is 10.3 Å². The van der Waals surface area contributed by atoms with E-state index in [0.717, 1.165) is 11.3 Å². The number of benzene rings is 3. The predicted molar refractivity (Wildman–Crippen MR) is 137 cm³/mol. The van der Waals surface area contributed by atoms with Crippen molar-refractivity contribution in [2.24, 2.45) is 0 Å². The summed E-state index contributed by atoms with van der Waals surface area (Å²) in [5.74, 6) is 1.18. The Bertz CT molecular complexity index is 1340. The molecule has 0 atom stereocenters. The molecule has 7 nitrogen and oxygen atoms in total. The van der Waals surface area contributed by atoms with Gasteiger partial charge in [-0.25, -0.2) is 4.98 Å². The third kappa shape index (κ3) is 5.96. The molecule has 0 saturated heterocycles. The van der Waals surface area contributed by atoms with Gasteiger partial charge >= 0.3 is 0 Å². The molecule has 1 aromatic heterocycles. The van der Waals surface area contributed by atoms with Crippen LogP contribution in [0.3, 0.4) is 0 Å². The molecule has 4 aromatic rings. The molecule has 174 valence electrons. The van der Waals surface area contributed by atoms with Gasteiger partial charge < -0.3 is 19.2 Å². The lowest BCUT2D eigenvalue weighted by Gasteiger charge is -2.11. The normalized spacial score (nSPS) is 10.7. The average molecular weight is 516 g/mol. The molecular weight excluding hydrogens is 497 g/mol. The fourth-order valence-corrected chi connectivity index (χ4v) is 3.74. The predicted octanol–water partition coefficient (Wildman–Crippen LogP) is 6.09. The molecule has 10 heteroatoms. The summed E-state index contributed by atoms with van der Waals surface area (Å²) in [5.41, 5.74) is 2.74. The van der Waals surface area contributed by atoms with E-state index in [-0.39, 0.29) is 11.7 Å². The van der Waals surface area contributed by atoms with E-state index in [0.29, 0.717) is 45.1 Å². The molecule has 0 saturated carbocycles. The minimum atomic E-state index is -0.441. The number of carbonyl (C=O) groups is 1. The van der Waals surface area contributed by atoms with Crippen molar-refractivity contribution < 1.29 is 18.7 Å². The van der Waals surface area contributed by atoms with Crippen molar-refractivity contribution >= 4 is 63.2 Å². The summed E-state index contributed by atoms with van der Waals surface area (Å²) < 4.78 is 16.7. The highest BCUT2D eigenvalue weighted by molar-refractivity contribution is 7.80. The number of hydrogen-bond acceptors (Lipinski definition) is 6. The Morgan fingerprint density at radius 2 is 1.85 bits per heavy atom. The quantitative estimate of drug-likeness (QED) is 0.288. The van der Waals surface area contributed by atoms with Crippen LogP contribution in [0, 0.1) is 0 Å². The SMILES string of the molecule is CCOc1ccc(-c2nc3cc(NC(=S)NC(=O)COc4ccc(Cl)cc4Cl)ccc3o2)cc1. The minimum absolute atomic E-state index is 0.116. The highest BCUT2D eigenvalue weighted by atomic mass is 35.5. The number of anilines is 1. The third-order valence-corrected chi connectivity index (χ3v) is 5.30. The first kappa shape index (κ1) is 23.8. The van der Waals surface area contributed by atoms with Gasteiger partial charge in [0.1, 0.15) is 17.0 Å². The number of nitrogens with zero attached hydrogens (tertiary/aromatic N) is 1. The first-order valence-electron chi connectivity index (χ1n) is 10.2. The van der Waals surface area contributed by atoms with Crippen LogP contribution in [0.1, 0.15) is 6.92 Å². The molecule has 0 unspecified atom stereocenters.